The van der Waals surface area contributed by atoms with Crippen LogP contribution in [0.25, 0.3) is 11.7 Å². The molecule has 1 aliphatic rings. The van der Waals surface area contributed by atoms with Gasteiger partial charge in [0.2, 0.25) is 0 Å². The molecular formula is C10H12N4O2. The third-order valence-corrected chi connectivity index (χ3v) is 2.53. The molecule has 0 radical (unpaired) electrons. The van der Waals surface area contributed by atoms with Crippen LogP contribution in [0.15, 0.2) is 27.2 Å². The summed E-state index contributed by atoms with van der Waals surface area (Å²) in [5, 5.41) is 11.2. The van der Waals surface area contributed by atoms with Gasteiger partial charge >= 0.3 is 6.01 Å². The molecule has 84 valence electrons. The van der Waals surface area contributed by atoms with Gasteiger partial charge in [-0.05, 0) is 12.1 Å². The second kappa shape index (κ2) is 3.97. The number of piperazine rings is 1. The Kier molecular flexibility index (Phi) is 2.34. The molecule has 3 heterocycles. The molecule has 2 aromatic rings. The van der Waals surface area contributed by atoms with Gasteiger partial charge in [-0.1, -0.05) is 5.10 Å². The maximum Gasteiger partial charge on any atom is 0.318 e. The van der Waals surface area contributed by atoms with Gasteiger partial charge in [0.25, 0.3) is 5.89 Å². The zero-order valence-electron chi connectivity index (χ0n) is 8.72. The van der Waals surface area contributed by atoms with Crippen molar-refractivity contribution in [1.82, 2.24) is 15.5 Å². The lowest BCUT2D eigenvalue weighted by molar-refractivity contribution is 0.487. The number of hydrogen-bond donors (Lipinski definition) is 1. The fourth-order valence-electron chi connectivity index (χ4n) is 1.70. The Morgan fingerprint density at radius 2 is 2.12 bits per heavy atom. The maximum atomic E-state index is 5.55. The Bertz CT molecular complexity index is 445. The van der Waals surface area contributed by atoms with Crippen LogP contribution in [0.2, 0.25) is 0 Å². The topological polar surface area (TPSA) is 67.3 Å². The fraction of sp³-hybridized carbons (Fsp3) is 0.400. The molecule has 6 nitrogen and oxygen atoms in total. The second-order valence-electron chi connectivity index (χ2n) is 3.60. The first kappa shape index (κ1) is 9.41. The van der Waals surface area contributed by atoms with Gasteiger partial charge in [0.05, 0.1) is 6.26 Å². The van der Waals surface area contributed by atoms with Gasteiger partial charge in [0, 0.05) is 26.2 Å². The van der Waals surface area contributed by atoms with Crippen molar-refractivity contribution in [3.05, 3.63) is 18.4 Å². The van der Waals surface area contributed by atoms with Crippen LogP contribution in [0.3, 0.4) is 0 Å². The van der Waals surface area contributed by atoms with Gasteiger partial charge in [-0.15, -0.1) is 5.10 Å². The number of nitrogens with one attached hydrogen (secondary N) is 1. The summed E-state index contributed by atoms with van der Waals surface area (Å²) in [6.07, 6.45) is 1.59. The molecule has 0 spiro atoms. The van der Waals surface area contributed by atoms with Crippen LogP contribution in [0.5, 0.6) is 0 Å². The maximum absolute atomic E-state index is 5.55. The Morgan fingerprint density at radius 1 is 1.25 bits per heavy atom. The summed E-state index contributed by atoms with van der Waals surface area (Å²) in [6, 6.07) is 4.16. The smallest absolute Gasteiger partial charge is 0.318 e. The third kappa shape index (κ3) is 1.67. The summed E-state index contributed by atoms with van der Waals surface area (Å²) in [5.41, 5.74) is 0. The molecule has 1 N–H and O–H groups in total. The van der Waals surface area contributed by atoms with E-state index in [2.05, 4.69) is 20.4 Å². The van der Waals surface area contributed by atoms with E-state index in [-0.39, 0.29) is 0 Å². The van der Waals surface area contributed by atoms with Crippen molar-refractivity contribution in [2.45, 2.75) is 0 Å². The first-order chi connectivity index (χ1) is 7.93. The van der Waals surface area contributed by atoms with E-state index in [0.717, 1.165) is 26.2 Å². The van der Waals surface area contributed by atoms with Crippen molar-refractivity contribution in [2.24, 2.45) is 0 Å². The van der Waals surface area contributed by atoms with Crippen LogP contribution in [-0.2, 0) is 0 Å². The van der Waals surface area contributed by atoms with E-state index in [1.807, 2.05) is 0 Å². The summed E-state index contributed by atoms with van der Waals surface area (Å²) in [4.78, 5) is 2.07. The molecule has 1 fully saturated rings. The summed E-state index contributed by atoms with van der Waals surface area (Å²) >= 11 is 0. The second-order valence-corrected chi connectivity index (χ2v) is 3.60. The number of furan rings is 1. The normalized spacial score (nSPS) is 16.6. The SMILES string of the molecule is c1coc(-c2nnc(N3CCNCC3)o2)c1. The molecule has 0 aromatic carbocycles. The van der Waals surface area contributed by atoms with Crippen LogP contribution < -0.4 is 10.2 Å². The lowest BCUT2D eigenvalue weighted by Gasteiger charge is -2.24. The average Bonchev–Trinajstić information content (AvgIpc) is 3.01. The predicted octanol–water partition coefficient (Wildman–Crippen LogP) is 0.739. The minimum absolute atomic E-state index is 0.429. The van der Waals surface area contributed by atoms with Gasteiger partial charge in [-0.25, -0.2) is 0 Å². The van der Waals surface area contributed by atoms with Gasteiger partial charge < -0.3 is 19.1 Å². The van der Waals surface area contributed by atoms with Crippen LogP contribution in [0.1, 0.15) is 0 Å². The highest BCUT2D eigenvalue weighted by Crippen LogP contribution is 2.22. The van der Waals surface area contributed by atoms with Gasteiger partial charge in [0.15, 0.2) is 5.76 Å². The number of hydrogen-bond acceptors (Lipinski definition) is 6. The molecule has 3 rings (SSSR count). The first-order valence-electron chi connectivity index (χ1n) is 5.26. The van der Waals surface area contributed by atoms with Crippen molar-refractivity contribution < 1.29 is 8.83 Å². The van der Waals surface area contributed by atoms with Crippen molar-refractivity contribution in [3.63, 3.8) is 0 Å². The summed E-state index contributed by atoms with van der Waals surface area (Å²) in [5.74, 6) is 1.03. The minimum Gasteiger partial charge on any atom is -0.459 e. The van der Waals surface area contributed by atoms with Gasteiger partial charge in [-0.3, -0.25) is 0 Å². The Balaban J connectivity index is 1.82. The van der Waals surface area contributed by atoms with Gasteiger partial charge in [-0.2, -0.15) is 0 Å². The molecule has 0 unspecified atom stereocenters. The molecule has 0 saturated carbocycles. The quantitative estimate of drug-likeness (QED) is 0.805. The highest BCUT2D eigenvalue weighted by atomic mass is 16.4. The highest BCUT2D eigenvalue weighted by molar-refractivity contribution is 5.44. The lowest BCUT2D eigenvalue weighted by Crippen LogP contribution is -2.43. The van der Waals surface area contributed by atoms with Crippen LogP contribution in [0.4, 0.5) is 6.01 Å². The van der Waals surface area contributed by atoms with E-state index < -0.39 is 0 Å². The molecule has 1 aliphatic heterocycles. The van der Waals surface area contributed by atoms with Crippen molar-refractivity contribution in [3.8, 4) is 11.7 Å². The lowest BCUT2D eigenvalue weighted by atomic mass is 10.4. The van der Waals surface area contributed by atoms with E-state index in [1.54, 1.807) is 18.4 Å². The standard InChI is InChI=1S/C10H12N4O2/c1-2-8(15-7-1)9-12-13-10(16-9)14-5-3-11-4-6-14/h1-2,7,11H,3-6H2. The predicted molar refractivity (Wildman–Crippen MR) is 57.1 cm³/mol. The van der Waals surface area contributed by atoms with Crippen LogP contribution in [0, 0.1) is 0 Å². The number of aromatic nitrogens is 2. The van der Waals surface area contributed by atoms with Crippen LogP contribution >= 0.6 is 0 Å². The van der Waals surface area contributed by atoms with E-state index in [1.165, 1.54) is 0 Å². The molecule has 0 aliphatic carbocycles. The summed E-state index contributed by atoms with van der Waals surface area (Å²) in [7, 11) is 0. The molecule has 1 saturated heterocycles. The number of nitrogens with zero attached hydrogens (tertiary/aromatic N) is 3. The molecule has 0 bridgehead atoms. The van der Waals surface area contributed by atoms with E-state index in [9.17, 15) is 0 Å². The van der Waals surface area contributed by atoms with Crippen molar-refractivity contribution in [1.29, 1.82) is 0 Å². The average molecular weight is 220 g/mol. The molecular weight excluding hydrogens is 208 g/mol. The molecule has 2 aromatic heterocycles. The van der Waals surface area contributed by atoms with Crippen LogP contribution in [-0.4, -0.2) is 36.4 Å². The molecule has 0 atom stereocenters. The minimum atomic E-state index is 0.429. The Labute approximate surface area is 92.2 Å². The van der Waals surface area contributed by atoms with E-state index in [0.29, 0.717) is 17.7 Å². The number of anilines is 1. The molecule has 16 heavy (non-hydrogen) atoms. The zero-order chi connectivity index (χ0) is 10.8. The fourth-order valence-corrected chi connectivity index (χ4v) is 1.70. The third-order valence-electron chi connectivity index (χ3n) is 2.53. The first-order valence-corrected chi connectivity index (χ1v) is 5.26. The summed E-state index contributed by atoms with van der Waals surface area (Å²) < 4.78 is 10.7. The molecule has 6 heteroatoms. The van der Waals surface area contributed by atoms with Crippen molar-refractivity contribution >= 4 is 6.01 Å². The Morgan fingerprint density at radius 3 is 2.88 bits per heavy atom. The summed E-state index contributed by atoms with van der Waals surface area (Å²) in [6.45, 7) is 3.66. The Hall–Kier alpha value is -1.82. The highest BCUT2D eigenvalue weighted by Gasteiger charge is 2.18. The number of rotatable bonds is 2. The van der Waals surface area contributed by atoms with Crippen molar-refractivity contribution in [2.75, 3.05) is 31.1 Å². The van der Waals surface area contributed by atoms with E-state index in [4.69, 9.17) is 8.83 Å². The van der Waals surface area contributed by atoms with Gasteiger partial charge in [0.1, 0.15) is 0 Å². The molecule has 0 amide bonds. The zero-order valence-corrected chi connectivity index (χ0v) is 8.72. The van der Waals surface area contributed by atoms with E-state index >= 15 is 0 Å². The monoisotopic (exact) mass is 220 g/mol. The largest absolute Gasteiger partial charge is 0.459 e.